The number of aliphatic carboxylic acids is 1. The quantitative estimate of drug-likeness (QED) is 0.562. The number of hydrogen-bond donors (Lipinski definition) is 3. The molecule has 0 saturated carbocycles. The smallest absolute Gasteiger partial charge is 0.320 e. The Morgan fingerprint density at radius 2 is 2.36 bits per heavy atom. The maximum atomic E-state index is 10.8. The van der Waals surface area contributed by atoms with Crippen molar-refractivity contribution in [3.8, 4) is 0 Å². The Balaban J connectivity index is 2.26. The van der Waals surface area contributed by atoms with E-state index in [1.807, 2.05) is 0 Å². The molecule has 1 saturated heterocycles. The summed E-state index contributed by atoms with van der Waals surface area (Å²) in [7, 11) is 0. The molecule has 14 heavy (non-hydrogen) atoms. The lowest BCUT2D eigenvalue weighted by molar-refractivity contribution is -0.140. The summed E-state index contributed by atoms with van der Waals surface area (Å²) in [5, 5.41) is 20.9. The Morgan fingerprint density at radius 3 is 2.93 bits per heavy atom. The molecule has 2 atom stereocenters. The highest BCUT2D eigenvalue weighted by atomic mass is 16.4. The standard InChI is InChI=1S/C9H18BNO3/c1-10(14)5-2-3-7-4-6-11-8(7)9(12)13/h7-8,11,14H,2-6H2,1H3,(H,12,13)/t7-,8-/m0/s1. The second-order valence-electron chi connectivity index (χ2n) is 4.10. The fourth-order valence-electron chi connectivity index (χ4n) is 2.03. The van der Waals surface area contributed by atoms with Crippen LogP contribution in [-0.2, 0) is 4.79 Å². The van der Waals surface area contributed by atoms with Crippen LogP contribution in [-0.4, -0.2) is 35.6 Å². The largest absolute Gasteiger partial charge is 0.480 e. The average Bonchev–Trinajstić information content (AvgIpc) is 2.51. The van der Waals surface area contributed by atoms with Crippen LogP contribution >= 0.6 is 0 Å². The van der Waals surface area contributed by atoms with Crippen LogP contribution in [0.1, 0.15) is 19.3 Å². The van der Waals surface area contributed by atoms with Gasteiger partial charge in [-0.15, -0.1) is 0 Å². The van der Waals surface area contributed by atoms with E-state index >= 15 is 0 Å². The van der Waals surface area contributed by atoms with E-state index in [2.05, 4.69) is 5.32 Å². The van der Waals surface area contributed by atoms with Gasteiger partial charge in [-0.1, -0.05) is 13.2 Å². The molecular formula is C9H18BNO3. The van der Waals surface area contributed by atoms with E-state index < -0.39 is 5.97 Å². The van der Waals surface area contributed by atoms with Gasteiger partial charge in [0.05, 0.1) is 0 Å². The maximum absolute atomic E-state index is 10.8. The van der Waals surface area contributed by atoms with E-state index in [0.717, 1.165) is 32.1 Å². The molecule has 0 radical (unpaired) electrons. The molecule has 4 nitrogen and oxygen atoms in total. The van der Waals surface area contributed by atoms with Crippen LogP contribution < -0.4 is 5.32 Å². The van der Waals surface area contributed by atoms with Gasteiger partial charge in [-0.2, -0.15) is 0 Å². The van der Waals surface area contributed by atoms with Crippen LogP contribution in [0.5, 0.6) is 0 Å². The SMILES string of the molecule is CB(O)CCC[C@H]1CCN[C@@H]1C(=O)O. The first-order valence-electron chi connectivity index (χ1n) is 5.25. The normalized spacial score (nSPS) is 26.4. The Labute approximate surface area is 84.8 Å². The van der Waals surface area contributed by atoms with Crippen molar-refractivity contribution in [1.82, 2.24) is 5.32 Å². The molecule has 0 aliphatic carbocycles. The van der Waals surface area contributed by atoms with Crippen molar-refractivity contribution >= 4 is 12.9 Å². The zero-order valence-electron chi connectivity index (χ0n) is 8.57. The summed E-state index contributed by atoms with van der Waals surface area (Å²) in [6.07, 6.45) is 3.52. The average molecular weight is 199 g/mol. The van der Waals surface area contributed by atoms with Gasteiger partial charge in [-0.25, -0.2) is 0 Å². The molecule has 1 fully saturated rings. The molecule has 0 bridgehead atoms. The second-order valence-corrected chi connectivity index (χ2v) is 4.10. The highest BCUT2D eigenvalue weighted by molar-refractivity contribution is 6.48. The molecule has 5 heteroatoms. The lowest BCUT2D eigenvalue weighted by atomic mass is 9.66. The third-order valence-electron chi connectivity index (χ3n) is 2.81. The van der Waals surface area contributed by atoms with E-state index in [1.165, 1.54) is 0 Å². The van der Waals surface area contributed by atoms with Gasteiger partial charge in [-0.3, -0.25) is 4.79 Å². The van der Waals surface area contributed by atoms with Crippen LogP contribution in [0, 0.1) is 5.92 Å². The molecule has 0 aromatic carbocycles. The summed E-state index contributed by atoms with van der Waals surface area (Å²) in [4.78, 5) is 10.8. The minimum atomic E-state index is -0.746. The van der Waals surface area contributed by atoms with Crippen molar-refractivity contribution in [2.45, 2.75) is 38.4 Å². The van der Waals surface area contributed by atoms with Crippen LogP contribution in [0.4, 0.5) is 0 Å². The van der Waals surface area contributed by atoms with Crippen LogP contribution in [0.2, 0.25) is 13.1 Å². The third-order valence-corrected chi connectivity index (χ3v) is 2.81. The van der Waals surface area contributed by atoms with E-state index in [-0.39, 0.29) is 18.9 Å². The van der Waals surface area contributed by atoms with Gasteiger partial charge in [0.25, 0.3) is 6.92 Å². The van der Waals surface area contributed by atoms with Crippen molar-refractivity contribution < 1.29 is 14.9 Å². The summed E-state index contributed by atoms with van der Waals surface area (Å²) in [6, 6.07) is -0.371. The van der Waals surface area contributed by atoms with Crippen LogP contribution in [0.3, 0.4) is 0 Å². The Kier molecular flexibility index (Phi) is 4.42. The fraction of sp³-hybridized carbons (Fsp3) is 0.889. The summed E-state index contributed by atoms with van der Waals surface area (Å²) in [5.41, 5.74) is 0. The highest BCUT2D eigenvalue weighted by Crippen LogP contribution is 2.22. The molecule has 0 aromatic rings. The van der Waals surface area contributed by atoms with E-state index in [1.54, 1.807) is 6.82 Å². The van der Waals surface area contributed by atoms with Crippen molar-refractivity contribution in [3.63, 3.8) is 0 Å². The van der Waals surface area contributed by atoms with Crippen LogP contribution in [0.15, 0.2) is 0 Å². The molecule has 0 aromatic heterocycles. The van der Waals surface area contributed by atoms with Gasteiger partial charge < -0.3 is 15.4 Å². The van der Waals surface area contributed by atoms with Crippen molar-refractivity contribution in [1.29, 1.82) is 0 Å². The van der Waals surface area contributed by atoms with Crippen molar-refractivity contribution in [2.75, 3.05) is 6.54 Å². The van der Waals surface area contributed by atoms with Gasteiger partial charge in [0.15, 0.2) is 0 Å². The molecule has 0 spiro atoms. The van der Waals surface area contributed by atoms with E-state index in [9.17, 15) is 4.79 Å². The van der Waals surface area contributed by atoms with Gasteiger partial charge in [0.2, 0.25) is 0 Å². The number of hydrogen-bond acceptors (Lipinski definition) is 3. The summed E-state index contributed by atoms with van der Waals surface area (Å²) in [5.74, 6) is -0.504. The zero-order valence-corrected chi connectivity index (χ0v) is 8.57. The Bertz CT molecular complexity index is 198. The maximum Gasteiger partial charge on any atom is 0.320 e. The van der Waals surface area contributed by atoms with Gasteiger partial charge in [0.1, 0.15) is 6.04 Å². The van der Waals surface area contributed by atoms with Crippen molar-refractivity contribution in [3.05, 3.63) is 0 Å². The summed E-state index contributed by atoms with van der Waals surface area (Å²) in [6.45, 7) is 2.30. The lowest BCUT2D eigenvalue weighted by Gasteiger charge is -2.14. The number of carboxylic acid groups (broad SMARTS) is 1. The third kappa shape index (κ3) is 3.31. The van der Waals surface area contributed by atoms with Gasteiger partial charge in [-0.05, 0) is 31.6 Å². The molecule has 1 aliphatic heterocycles. The number of carboxylic acids is 1. The number of rotatable bonds is 5. The first kappa shape index (κ1) is 11.5. The zero-order chi connectivity index (χ0) is 10.6. The predicted molar refractivity (Wildman–Crippen MR) is 55.4 cm³/mol. The van der Waals surface area contributed by atoms with Gasteiger partial charge in [0, 0.05) is 0 Å². The molecule has 0 amide bonds. The highest BCUT2D eigenvalue weighted by Gasteiger charge is 2.31. The molecule has 1 aliphatic rings. The van der Waals surface area contributed by atoms with E-state index in [4.69, 9.17) is 10.1 Å². The number of carbonyl (C=O) groups is 1. The fourth-order valence-corrected chi connectivity index (χ4v) is 2.03. The lowest BCUT2D eigenvalue weighted by Crippen LogP contribution is -2.35. The van der Waals surface area contributed by atoms with Crippen molar-refractivity contribution in [2.24, 2.45) is 5.92 Å². The second kappa shape index (κ2) is 5.36. The van der Waals surface area contributed by atoms with Crippen LogP contribution in [0.25, 0.3) is 0 Å². The Morgan fingerprint density at radius 1 is 1.64 bits per heavy atom. The minimum absolute atomic E-state index is 0.242. The molecule has 1 rings (SSSR count). The topological polar surface area (TPSA) is 69.6 Å². The molecular weight excluding hydrogens is 181 g/mol. The number of nitrogens with one attached hydrogen (secondary N) is 1. The summed E-state index contributed by atoms with van der Waals surface area (Å²) < 4.78 is 0. The molecule has 3 N–H and O–H groups in total. The van der Waals surface area contributed by atoms with E-state index in [0.29, 0.717) is 0 Å². The first-order valence-corrected chi connectivity index (χ1v) is 5.25. The minimum Gasteiger partial charge on any atom is -0.480 e. The molecule has 80 valence electrons. The molecule has 1 heterocycles. The summed E-state index contributed by atoms with van der Waals surface area (Å²) >= 11 is 0. The Hall–Kier alpha value is -0.545. The predicted octanol–water partition coefficient (Wildman–Crippen LogP) is 0.443. The molecule has 0 unspecified atom stereocenters. The first-order chi connectivity index (χ1) is 6.61. The van der Waals surface area contributed by atoms with Gasteiger partial charge >= 0.3 is 5.97 Å². The monoisotopic (exact) mass is 199 g/mol.